The Morgan fingerprint density at radius 3 is 2.72 bits per heavy atom. The van der Waals surface area contributed by atoms with E-state index in [2.05, 4.69) is 10.3 Å². The minimum atomic E-state index is -3.67. The standard InChI is InChI=1S/C12H16N2O3S/c1-2-12(15)13-14-18(16,17)11-7-6-9-4-3-5-10(9)8-11/h6-8,14H,2-5H2,1H3,(H,13,15). The molecule has 0 heterocycles. The number of hydrazine groups is 1. The number of hydrogen-bond donors (Lipinski definition) is 2. The molecule has 0 saturated carbocycles. The Bertz CT molecular complexity index is 567. The van der Waals surface area contributed by atoms with E-state index in [-0.39, 0.29) is 17.2 Å². The number of aryl methyl sites for hydroxylation is 2. The average Bonchev–Trinajstić information content (AvgIpc) is 2.83. The number of sulfonamides is 1. The zero-order chi connectivity index (χ0) is 13.2. The van der Waals surface area contributed by atoms with Crippen LogP contribution in [0.3, 0.4) is 0 Å². The van der Waals surface area contributed by atoms with E-state index in [4.69, 9.17) is 0 Å². The van der Waals surface area contributed by atoms with Crippen LogP contribution in [0.25, 0.3) is 0 Å². The zero-order valence-corrected chi connectivity index (χ0v) is 11.0. The van der Waals surface area contributed by atoms with Gasteiger partial charge in [0.2, 0.25) is 5.91 Å². The van der Waals surface area contributed by atoms with Crippen molar-refractivity contribution in [3.63, 3.8) is 0 Å². The molecule has 0 bridgehead atoms. The lowest BCUT2D eigenvalue weighted by molar-refractivity contribution is -0.121. The number of benzene rings is 1. The van der Waals surface area contributed by atoms with Gasteiger partial charge in [0, 0.05) is 6.42 Å². The van der Waals surface area contributed by atoms with Crippen LogP contribution in [0.2, 0.25) is 0 Å². The van der Waals surface area contributed by atoms with Gasteiger partial charge < -0.3 is 0 Å². The highest BCUT2D eigenvalue weighted by Crippen LogP contribution is 2.24. The van der Waals surface area contributed by atoms with E-state index in [0.717, 1.165) is 24.8 Å². The van der Waals surface area contributed by atoms with Crippen LogP contribution < -0.4 is 10.3 Å². The van der Waals surface area contributed by atoms with Gasteiger partial charge in [-0.05, 0) is 42.5 Å². The predicted molar refractivity (Wildman–Crippen MR) is 67.2 cm³/mol. The summed E-state index contributed by atoms with van der Waals surface area (Å²) in [7, 11) is -3.67. The molecule has 1 amide bonds. The van der Waals surface area contributed by atoms with Gasteiger partial charge in [0.15, 0.2) is 0 Å². The van der Waals surface area contributed by atoms with E-state index < -0.39 is 10.0 Å². The molecule has 0 fully saturated rings. The quantitative estimate of drug-likeness (QED) is 0.796. The van der Waals surface area contributed by atoms with E-state index in [9.17, 15) is 13.2 Å². The van der Waals surface area contributed by atoms with Crippen LogP contribution in [-0.2, 0) is 27.7 Å². The van der Waals surface area contributed by atoms with Crippen LogP contribution in [-0.4, -0.2) is 14.3 Å². The fourth-order valence-corrected chi connectivity index (χ4v) is 2.90. The maximum atomic E-state index is 11.9. The maximum Gasteiger partial charge on any atom is 0.257 e. The summed E-state index contributed by atoms with van der Waals surface area (Å²) in [6, 6.07) is 5.10. The van der Waals surface area contributed by atoms with Gasteiger partial charge in [-0.15, -0.1) is 4.83 Å². The van der Waals surface area contributed by atoms with E-state index in [1.54, 1.807) is 19.1 Å². The molecule has 1 aliphatic rings. The molecule has 0 radical (unpaired) electrons. The van der Waals surface area contributed by atoms with Gasteiger partial charge in [-0.2, -0.15) is 0 Å². The molecular formula is C12H16N2O3S. The van der Waals surface area contributed by atoms with Gasteiger partial charge in [0.05, 0.1) is 4.90 Å². The molecule has 0 aliphatic heterocycles. The Morgan fingerprint density at radius 2 is 2.00 bits per heavy atom. The summed E-state index contributed by atoms with van der Waals surface area (Å²) in [5.41, 5.74) is 4.46. The van der Waals surface area contributed by atoms with Gasteiger partial charge in [-0.25, -0.2) is 8.42 Å². The average molecular weight is 268 g/mol. The maximum absolute atomic E-state index is 11.9. The van der Waals surface area contributed by atoms with Crippen LogP contribution in [0.15, 0.2) is 23.1 Å². The van der Waals surface area contributed by atoms with Crippen LogP contribution in [0.4, 0.5) is 0 Å². The lowest BCUT2D eigenvalue weighted by Gasteiger charge is -2.09. The minimum Gasteiger partial charge on any atom is -0.278 e. The number of amides is 1. The molecule has 2 rings (SSSR count). The normalized spacial score (nSPS) is 14.3. The molecule has 6 heteroatoms. The van der Waals surface area contributed by atoms with Crippen molar-refractivity contribution in [3.05, 3.63) is 29.3 Å². The largest absolute Gasteiger partial charge is 0.278 e. The van der Waals surface area contributed by atoms with Gasteiger partial charge >= 0.3 is 0 Å². The summed E-state index contributed by atoms with van der Waals surface area (Å²) < 4.78 is 23.9. The third-order valence-electron chi connectivity index (χ3n) is 3.03. The Morgan fingerprint density at radius 1 is 1.28 bits per heavy atom. The number of carbonyl (C=O) groups is 1. The second-order valence-corrected chi connectivity index (χ2v) is 5.97. The lowest BCUT2D eigenvalue weighted by Crippen LogP contribution is -2.41. The van der Waals surface area contributed by atoms with Crippen molar-refractivity contribution in [2.24, 2.45) is 0 Å². The number of rotatable bonds is 4. The van der Waals surface area contributed by atoms with E-state index >= 15 is 0 Å². The first-order chi connectivity index (χ1) is 8.53. The molecule has 1 aromatic carbocycles. The fraction of sp³-hybridized carbons (Fsp3) is 0.417. The highest BCUT2D eigenvalue weighted by atomic mass is 32.2. The first-order valence-corrected chi connectivity index (χ1v) is 7.43. The summed E-state index contributed by atoms with van der Waals surface area (Å²) in [6.07, 6.45) is 3.22. The summed E-state index contributed by atoms with van der Waals surface area (Å²) in [5.74, 6) is -0.361. The first kappa shape index (κ1) is 13.0. The van der Waals surface area contributed by atoms with Crippen LogP contribution in [0.5, 0.6) is 0 Å². The smallest absolute Gasteiger partial charge is 0.257 e. The Hall–Kier alpha value is -1.40. The van der Waals surface area contributed by atoms with Crippen molar-refractivity contribution in [1.82, 2.24) is 10.3 Å². The summed E-state index contributed by atoms with van der Waals surface area (Å²) in [5, 5.41) is 0. The molecule has 1 aliphatic carbocycles. The van der Waals surface area contributed by atoms with Gasteiger partial charge in [0.1, 0.15) is 0 Å². The highest BCUT2D eigenvalue weighted by molar-refractivity contribution is 7.89. The molecule has 0 atom stereocenters. The van der Waals surface area contributed by atoms with Crippen molar-refractivity contribution in [2.45, 2.75) is 37.5 Å². The van der Waals surface area contributed by atoms with E-state index in [1.165, 1.54) is 5.56 Å². The highest BCUT2D eigenvalue weighted by Gasteiger charge is 2.18. The van der Waals surface area contributed by atoms with Crippen molar-refractivity contribution in [1.29, 1.82) is 0 Å². The monoisotopic (exact) mass is 268 g/mol. The van der Waals surface area contributed by atoms with Crippen molar-refractivity contribution < 1.29 is 13.2 Å². The number of nitrogens with one attached hydrogen (secondary N) is 2. The topological polar surface area (TPSA) is 75.3 Å². The van der Waals surface area contributed by atoms with Crippen LogP contribution in [0, 0.1) is 0 Å². The minimum absolute atomic E-state index is 0.194. The summed E-state index contributed by atoms with van der Waals surface area (Å²) >= 11 is 0. The first-order valence-electron chi connectivity index (χ1n) is 5.95. The zero-order valence-electron chi connectivity index (χ0n) is 10.2. The Kier molecular flexibility index (Phi) is 3.68. The fourth-order valence-electron chi connectivity index (χ4n) is 1.99. The SMILES string of the molecule is CCC(=O)NNS(=O)(=O)c1ccc2c(c1)CCC2. The molecule has 0 spiro atoms. The second-order valence-electron chi connectivity index (χ2n) is 4.29. The van der Waals surface area contributed by atoms with E-state index in [1.807, 2.05) is 6.07 Å². The third kappa shape index (κ3) is 2.70. The predicted octanol–water partition coefficient (Wildman–Crippen LogP) is 0.895. The molecular weight excluding hydrogens is 252 g/mol. The third-order valence-corrected chi connectivity index (χ3v) is 4.27. The van der Waals surface area contributed by atoms with Crippen molar-refractivity contribution in [3.8, 4) is 0 Å². The van der Waals surface area contributed by atoms with Crippen LogP contribution >= 0.6 is 0 Å². The van der Waals surface area contributed by atoms with Gasteiger partial charge in [-0.1, -0.05) is 13.0 Å². The molecule has 0 saturated heterocycles. The van der Waals surface area contributed by atoms with E-state index in [0.29, 0.717) is 0 Å². The number of hydrogen-bond acceptors (Lipinski definition) is 3. The van der Waals surface area contributed by atoms with Crippen LogP contribution in [0.1, 0.15) is 30.9 Å². The molecule has 2 N–H and O–H groups in total. The second kappa shape index (κ2) is 5.07. The summed E-state index contributed by atoms with van der Waals surface area (Å²) in [4.78, 5) is 13.3. The summed E-state index contributed by atoms with van der Waals surface area (Å²) in [6.45, 7) is 1.65. The molecule has 18 heavy (non-hydrogen) atoms. The Balaban J connectivity index is 2.17. The van der Waals surface area contributed by atoms with Gasteiger partial charge in [0.25, 0.3) is 10.0 Å². The lowest BCUT2D eigenvalue weighted by atomic mass is 10.1. The number of carbonyl (C=O) groups excluding carboxylic acids is 1. The molecule has 0 unspecified atom stereocenters. The van der Waals surface area contributed by atoms with Gasteiger partial charge in [-0.3, -0.25) is 10.2 Å². The van der Waals surface area contributed by atoms with Crippen molar-refractivity contribution >= 4 is 15.9 Å². The molecule has 1 aromatic rings. The molecule has 5 nitrogen and oxygen atoms in total. The Labute approximate surface area is 107 Å². The molecule has 0 aromatic heterocycles. The molecule has 98 valence electrons. The van der Waals surface area contributed by atoms with Crippen molar-refractivity contribution in [2.75, 3.05) is 0 Å². The number of fused-ring (bicyclic) bond motifs is 1.